The summed E-state index contributed by atoms with van der Waals surface area (Å²) in [5, 5.41) is 8.42. The number of rotatable bonds is 6. The van der Waals surface area contributed by atoms with Crippen molar-refractivity contribution in [3.63, 3.8) is 0 Å². The lowest BCUT2D eigenvalue weighted by molar-refractivity contribution is -0.114. The summed E-state index contributed by atoms with van der Waals surface area (Å²) < 4.78 is 5.60. The van der Waals surface area contributed by atoms with Gasteiger partial charge in [-0.1, -0.05) is 30.3 Å². The number of anilines is 3. The molecule has 2 aromatic carbocycles. The summed E-state index contributed by atoms with van der Waals surface area (Å²) in [4.78, 5) is 35.5. The Labute approximate surface area is 204 Å². The molecule has 0 bridgehead atoms. The zero-order valence-electron chi connectivity index (χ0n) is 20.2. The Balaban J connectivity index is 1.75. The number of amides is 3. The van der Waals surface area contributed by atoms with Gasteiger partial charge in [-0.25, -0.2) is 14.8 Å². The molecule has 0 radical (unpaired) electrons. The third kappa shape index (κ3) is 5.93. The first kappa shape index (κ1) is 24.2. The van der Waals surface area contributed by atoms with Crippen molar-refractivity contribution in [2.24, 2.45) is 0 Å². The Kier molecular flexibility index (Phi) is 7.57. The second-order valence-electron chi connectivity index (χ2n) is 8.34. The van der Waals surface area contributed by atoms with Gasteiger partial charge in [0, 0.05) is 36.8 Å². The van der Waals surface area contributed by atoms with Crippen LogP contribution < -0.4 is 20.9 Å². The number of hydrogen-bond donors (Lipinski definition) is 3. The number of urea groups is 1. The number of ether oxygens (including phenoxy) is 1. The highest BCUT2D eigenvalue weighted by Crippen LogP contribution is 2.32. The van der Waals surface area contributed by atoms with Crippen molar-refractivity contribution in [3.05, 3.63) is 54.6 Å². The van der Waals surface area contributed by atoms with E-state index in [0.29, 0.717) is 49.3 Å². The van der Waals surface area contributed by atoms with E-state index in [1.54, 1.807) is 0 Å². The average molecular weight is 475 g/mol. The summed E-state index contributed by atoms with van der Waals surface area (Å²) >= 11 is 0. The van der Waals surface area contributed by atoms with Crippen molar-refractivity contribution >= 4 is 29.3 Å². The van der Waals surface area contributed by atoms with Crippen LogP contribution in [0.15, 0.2) is 54.6 Å². The van der Waals surface area contributed by atoms with Gasteiger partial charge in [0.1, 0.15) is 0 Å². The molecule has 3 N–H and O–H groups in total. The molecule has 1 saturated heterocycles. The monoisotopic (exact) mass is 474 g/mol. The van der Waals surface area contributed by atoms with Crippen LogP contribution in [0.2, 0.25) is 0 Å². The molecule has 1 unspecified atom stereocenters. The zero-order valence-corrected chi connectivity index (χ0v) is 20.2. The molecule has 3 aromatic rings. The summed E-state index contributed by atoms with van der Waals surface area (Å²) in [5.74, 6) is 0.458. The number of morpholine rings is 1. The van der Waals surface area contributed by atoms with Crippen LogP contribution in [0.1, 0.15) is 20.8 Å². The highest BCUT2D eigenvalue weighted by Gasteiger charge is 2.23. The van der Waals surface area contributed by atoms with E-state index in [9.17, 15) is 9.59 Å². The molecule has 1 aliphatic rings. The van der Waals surface area contributed by atoms with E-state index in [4.69, 9.17) is 14.7 Å². The molecule has 1 fully saturated rings. The lowest BCUT2D eigenvalue weighted by atomic mass is 10.1. The highest BCUT2D eigenvalue weighted by atomic mass is 16.5. The largest absolute Gasteiger partial charge is 0.377 e. The van der Waals surface area contributed by atoms with Gasteiger partial charge in [0.2, 0.25) is 11.9 Å². The third-order valence-electron chi connectivity index (χ3n) is 5.63. The Morgan fingerprint density at radius 2 is 1.80 bits per heavy atom. The van der Waals surface area contributed by atoms with Gasteiger partial charge < -0.3 is 25.6 Å². The van der Waals surface area contributed by atoms with Crippen molar-refractivity contribution in [2.75, 3.05) is 41.8 Å². The maximum Gasteiger partial charge on any atom is 0.319 e. The van der Waals surface area contributed by atoms with E-state index in [1.165, 1.54) is 6.92 Å². The predicted molar refractivity (Wildman–Crippen MR) is 138 cm³/mol. The van der Waals surface area contributed by atoms with E-state index in [1.807, 2.05) is 61.5 Å². The topological polar surface area (TPSA) is 108 Å². The Morgan fingerprint density at radius 3 is 2.51 bits per heavy atom. The highest BCUT2D eigenvalue weighted by molar-refractivity contribution is 5.94. The van der Waals surface area contributed by atoms with Gasteiger partial charge in [-0.2, -0.15) is 0 Å². The zero-order chi connectivity index (χ0) is 24.8. The van der Waals surface area contributed by atoms with Gasteiger partial charge in [-0.3, -0.25) is 4.79 Å². The number of carbonyl (C=O) groups excluding carboxylic acids is 2. The molecule has 182 valence electrons. The van der Waals surface area contributed by atoms with Gasteiger partial charge in [0.05, 0.1) is 36.3 Å². The van der Waals surface area contributed by atoms with Crippen molar-refractivity contribution in [2.45, 2.75) is 26.8 Å². The number of carbonyl (C=O) groups is 2. The molecular weight excluding hydrogens is 444 g/mol. The smallest absolute Gasteiger partial charge is 0.319 e. The van der Waals surface area contributed by atoms with Gasteiger partial charge in [-0.15, -0.1) is 0 Å². The summed E-state index contributed by atoms with van der Waals surface area (Å²) in [5.41, 5.74) is 4.51. The van der Waals surface area contributed by atoms with Gasteiger partial charge in [-0.05, 0) is 38.1 Å². The molecule has 9 nitrogen and oxygen atoms in total. The van der Waals surface area contributed by atoms with Crippen molar-refractivity contribution in [1.82, 2.24) is 15.3 Å². The molecule has 3 amide bonds. The Hall–Kier alpha value is -3.98. The van der Waals surface area contributed by atoms with Gasteiger partial charge in [0.15, 0.2) is 0 Å². The number of nitrogens with zero attached hydrogens (tertiary/aromatic N) is 3. The summed E-state index contributed by atoms with van der Waals surface area (Å²) in [6.45, 7) is 7.89. The number of aromatic nitrogens is 2. The second-order valence-corrected chi connectivity index (χ2v) is 8.34. The molecular formula is C26H30N6O3. The normalized spacial score (nSPS) is 15.4. The molecule has 35 heavy (non-hydrogen) atoms. The van der Waals surface area contributed by atoms with Crippen LogP contribution in [0.5, 0.6) is 0 Å². The van der Waals surface area contributed by atoms with Crippen LogP contribution in [0.25, 0.3) is 22.5 Å². The maximum atomic E-state index is 11.8. The lowest BCUT2D eigenvalue weighted by Crippen LogP contribution is -2.44. The van der Waals surface area contributed by atoms with Crippen LogP contribution in [0.4, 0.5) is 22.1 Å². The third-order valence-corrected chi connectivity index (χ3v) is 5.63. The van der Waals surface area contributed by atoms with Crippen LogP contribution >= 0.6 is 0 Å². The fraction of sp³-hybridized carbons (Fsp3) is 0.308. The SMILES string of the molecule is CCNC(=O)Nc1ccc(-c2cc(-c3ccccc3NC(C)=O)nc(N3CCOCC3C)n2)cc1. The molecule has 1 atom stereocenters. The summed E-state index contributed by atoms with van der Waals surface area (Å²) in [6, 6.07) is 16.9. The van der Waals surface area contributed by atoms with Crippen LogP contribution in [0, 0.1) is 0 Å². The second kappa shape index (κ2) is 11.0. The minimum Gasteiger partial charge on any atom is -0.377 e. The summed E-state index contributed by atoms with van der Waals surface area (Å²) in [6.07, 6.45) is 0. The summed E-state index contributed by atoms with van der Waals surface area (Å²) in [7, 11) is 0. The molecule has 9 heteroatoms. The quantitative estimate of drug-likeness (QED) is 0.496. The first-order chi connectivity index (χ1) is 16.9. The molecule has 0 aliphatic carbocycles. The van der Waals surface area contributed by atoms with Gasteiger partial charge in [0.25, 0.3) is 0 Å². The van der Waals surface area contributed by atoms with Crippen LogP contribution in [-0.2, 0) is 9.53 Å². The number of nitrogens with one attached hydrogen (secondary N) is 3. The van der Waals surface area contributed by atoms with E-state index in [-0.39, 0.29) is 18.0 Å². The predicted octanol–water partition coefficient (Wildman–Crippen LogP) is 4.14. The lowest BCUT2D eigenvalue weighted by Gasteiger charge is -2.33. The molecule has 2 heterocycles. The first-order valence-electron chi connectivity index (χ1n) is 11.7. The molecule has 1 aromatic heterocycles. The number of benzene rings is 2. The average Bonchev–Trinajstić information content (AvgIpc) is 2.84. The molecule has 0 spiro atoms. The van der Waals surface area contributed by atoms with Crippen LogP contribution in [0.3, 0.4) is 0 Å². The van der Waals surface area contributed by atoms with E-state index in [2.05, 4.69) is 27.8 Å². The minimum absolute atomic E-state index is 0.126. The van der Waals surface area contributed by atoms with E-state index >= 15 is 0 Å². The Morgan fingerprint density at radius 1 is 1.06 bits per heavy atom. The number of para-hydroxylation sites is 1. The van der Waals surface area contributed by atoms with E-state index < -0.39 is 0 Å². The maximum absolute atomic E-state index is 11.8. The fourth-order valence-corrected chi connectivity index (χ4v) is 3.94. The first-order valence-corrected chi connectivity index (χ1v) is 11.7. The fourth-order valence-electron chi connectivity index (χ4n) is 3.94. The molecule has 0 saturated carbocycles. The van der Waals surface area contributed by atoms with Gasteiger partial charge >= 0.3 is 6.03 Å². The van der Waals surface area contributed by atoms with Crippen molar-refractivity contribution < 1.29 is 14.3 Å². The Bertz CT molecular complexity index is 1200. The van der Waals surface area contributed by atoms with Crippen molar-refractivity contribution in [3.8, 4) is 22.5 Å². The van der Waals surface area contributed by atoms with Crippen molar-refractivity contribution in [1.29, 1.82) is 0 Å². The van der Waals surface area contributed by atoms with Crippen LogP contribution in [-0.4, -0.2) is 54.3 Å². The standard InChI is InChI=1S/C26H30N6O3/c1-4-27-26(34)29-20-11-9-19(10-12-20)23-15-24(21-7-5-6-8-22(21)28-18(3)33)31-25(30-23)32-13-14-35-16-17(32)2/h5-12,15,17H,4,13-14,16H2,1-3H3,(H,28,33)(H2,27,29,34). The molecule has 1 aliphatic heterocycles. The number of hydrogen-bond acceptors (Lipinski definition) is 6. The van der Waals surface area contributed by atoms with E-state index in [0.717, 1.165) is 16.8 Å². The minimum atomic E-state index is -0.247. The molecule has 4 rings (SSSR count).